The average molecular weight is 618 g/mol. The van der Waals surface area contributed by atoms with Gasteiger partial charge in [-0.25, -0.2) is 19.7 Å². The van der Waals surface area contributed by atoms with Crippen molar-refractivity contribution in [3.8, 4) is 22.8 Å². The van der Waals surface area contributed by atoms with Crippen LogP contribution < -0.4 is 15.8 Å². The Kier molecular flexibility index (Phi) is 9.16. The van der Waals surface area contributed by atoms with Gasteiger partial charge in [-0.2, -0.15) is 0 Å². The minimum atomic E-state index is -0.754. The predicted molar refractivity (Wildman–Crippen MR) is 167 cm³/mol. The Morgan fingerprint density at radius 2 is 1.77 bits per heavy atom. The van der Waals surface area contributed by atoms with Crippen molar-refractivity contribution in [2.75, 3.05) is 32.0 Å². The van der Waals surface area contributed by atoms with E-state index in [0.717, 1.165) is 5.69 Å². The number of nitrogens with one attached hydrogen (secondary N) is 1. The van der Waals surface area contributed by atoms with Crippen molar-refractivity contribution >= 4 is 40.7 Å². The number of carbonyl (C=O) groups is 3. The number of fused-ring (bicyclic) bond motifs is 1. The highest BCUT2D eigenvalue weighted by atomic mass is 32.2. The number of thioether (sulfide) groups is 1. The molecule has 5 rings (SSSR count). The number of amides is 2. The molecule has 1 fully saturated rings. The average Bonchev–Trinajstić information content (AvgIpc) is 3.37. The number of esters is 1. The molecule has 13 heteroatoms. The van der Waals surface area contributed by atoms with Crippen LogP contribution in [-0.2, 0) is 14.3 Å². The van der Waals surface area contributed by atoms with Crippen LogP contribution in [0.15, 0.2) is 59.8 Å². The highest BCUT2D eigenvalue weighted by Gasteiger charge is 2.35. The number of rotatable bonds is 9. The van der Waals surface area contributed by atoms with Gasteiger partial charge in [0.25, 0.3) is 5.91 Å². The van der Waals surface area contributed by atoms with Gasteiger partial charge in [0.1, 0.15) is 22.9 Å². The van der Waals surface area contributed by atoms with Crippen LogP contribution in [0.3, 0.4) is 0 Å². The largest absolute Gasteiger partial charge is 0.494 e. The zero-order chi connectivity index (χ0) is 31.4. The second kappa shape index (κ2) is 13.0. The fraction of sp³-hybridized carbons (Fsp3) is 0.355. The fourth-order valence-electron chi connectivity index (χ4n) is 4.80. The van der Waals surface area contributed by atoms with Crippen molar-refractivity contribution < 1.29 is 23.9 Å². The number of ether oxygens (including phenoxy) is 2. The molecule has 230 valence electrons. The number of carbonyl (C=O) groups excluding carboxylic acids is 3. The molecule has 3 N–H and O–H groups in total. The molecule has 12 nitrogen and oxygen atoms in total. The molecule has 0 radical (unpaired) electrons. The van der Waals surface area contributed by atoms with E-state index in [1.165, 1.54) is 11.8 Å². The number of primary amides is 1. The molecule has 0 aliphatic carbocycles. The van der Waals surface area contributed by atoms with E-state index < -0.39 is 23.5 Å². The topological polar surface area (TPSA) is 155 Å². The van der Waals surface area contributed by atoms with Crippen LogP contribution in [0.5, 0.6) is 5.75 Å². The summed E-state index contributed by atoms with van der Waals surface area (Å²) in [6, 6.07) is 15.9. The number of hydrogen-bond donors (Lipinski definition) is 2. The Bertz CT molecular complexity index is 1670. The Labute approximate surface area is 259 Å². The maximum absolute atomic E-state index is 13.5. The van der Waals surface area contributed by atoms with Gasteiger partial charge in [-0.1, -0.05) is 30.0 Å². The highest BCUT2D eigenvalue weighted by Crippen LogP contribution is 2.31. The molecule has 1 unspecified atom stereocenters. The van der Waals surface area contributed by atoms with Crippen LogP contribution in [0.1, 0.15) is 38.2 Å². The first-order valence-electron chi connectivity index (χ1n) is 14.3. The van der Waals surface area contributed by atoms with E-state index in [0.29, 0.717) is 54.2 Å². The Morgan fingerprint density at radius 3 is 2.43 bits per heavy atom. The second-order valence-corrected chi connectivity index (χ2v) is 12.0. The lowest BCUT2D eigenvalue weighted by Crippen LogP contribution is -2.58. The Hall–Kier alpha value is -4.49. The van der Waals surface area contributed by atoms with E-state index in [4.69, 9.17) is 25.2 Å². The maximum atomic E-state index is 13.5. The number of hydrogen-bond acceptors (Lipinski definition) is 10. The Balaban J connectivity index is 1.52. The molecule has 2 aromatic heterocycles. The standard InChI is InChI=1S/C31H35N7O5S/c1-5-42-21-13-11-19(12-14-21)27-34-24(26(32)40)25-28(36-27)38(20-9-7-6-8-10-20)30(35-25)44-18-23(39)37-16-15-33-17-22(37)29(41)43-31(2,3)4/h6-14,22,33H,5,15-18H2,1-4H3,(H2,32,40). The van der Waals surface area contributed by atoms with Gasteiger partial charge in [0.05, 0.1) is 12.4 Å². The summed E-state index contributed by atoms with van der Waals surface area (Å²) in [7, 11) is 0. The van der Waals surface area contributed by atoms with Crippen molar-refractivity contribution in [2.24, 2.45) is 5.73 Å². The molecule has 2 amide bonds. The number of nitrogens with two attached hydrogens (primary N) is 1. The molecule has 4 aromatic rings. The van der Waals surface area contributed by atoms with Crippen molar-refractivity contribution in [2.45, 2.75) is 44.5 Å². The number of aromatic nitrogens is 4. The van der Waals surface area contributed by atoms with Gasteiger partial charge in [-0.3, -0.25) is 14.2 Å². The predicted octanol–water partition coefficient (Wildman–Crippen LogP) is 3.21. The van der Waals surface area contributed by atoms with Gasteiger partial charge < -0.3 is 25.4 Å². The normalized spacial score (nSPS) is 15.3. The number of nitrogens with zero attached hydrogens (tertiary/aromatic N) is 5. The van der Waals surface area contributed by atoms with Crippen LogP contribution in [0, 0.1) is 0 Å². The van der Waals surface area contributed by atoms with Crippen LogP contribution in [-0.4, -0.2) is 85.8 Å². The molecule has 0 bridgehead atoms. The molecular formula is C31H35N7O5S. The molecule has 0 spiro atoms. The molecule has 1 aliphatic heterocycles. The lowest BCUT2D eigenvalue weighted by atomic mass is 10.1. The van der Waals surface area contributed by atoms with Gasteiger partial charge in [0, 0.05) is 30.9 Å². The van der Waals surface area contributed by atoms with Crippen molar-refractivity contribution in [1.29, 1.82) is 0 Å². The number of piperazine rings is 1. The van der Waals surface area contributed by atoms with Crippen molar-refractivity contribution in [3.63, 3.8) is 0 Å². The van der Waals surface area contributed by atoms with Crippen LogP contribution in [0.25, 0.3) is 28.2 Å². The van der Waals surface area contributed by atoms with E-state index >= 15 is 0 Å². The number of benzene rings is 2. The van der Waals surface area contributed by atoms with Crippen molar-refractivity contribution in [3.05, 3.63) is 60.3 Å². The first-order chi connectivity index (χ1) is 21.1. The van der Waals surface area contributed by atoms with Crippen LogP contribution >= 0.6 is 11.8 Å². The minimum absolute atomic E-state index is 0.0134. The number of para-hydroxylation sites is 1. The van der Waals surface area contributed by atoms with Crippen LogP contribution in [0.2, 0.25) is 0 Å². The summed E-state index contributed by atoms with van der Waals surface area (Å²) in [4.78, 5) is 54.6. The van der Waals surface area contributed by atoms with Crippen LogP contribution in [0.4, 0.5) is 0 Å². The molecule has 1 atom stereocenters. The highest BCUT2D eigenvalue weighted by molar-refractivity contribution is 7.99. The summed E-state index contributed by atoms with van der Waals surface area (Å²) in [5.74, 6) is -0.474. The summed E-state index contributed by atoms with van der Waals surface area (Å²) in [5, 5.41) is 3.59. The van der Waals surface area contributed by atoms with E-state index in [1.807, 2.05) is 49.4 Å². The minimum Gasteiger partial charge on any atom is -0.494 e. The molecule has 1 aliphatic rings. The van der Waals surface area contributed by atoms with Crippen molar-refractivity contribution in [1.82, 2.24) is 29.7 Å². The quantitative estimate of drug-likeness (QED) is 0.211. The SMILES string of the molecule is CCOc1ccc(-c2nc(C(N)=O)c3nc(SCC(=O)N4CCNCC4C(=O)OC(C)(C)C)n(-c4ccccc4)c3n2)cc1. The van der Waals surface area contributed by atoms with E-state index in [-0.39, 0.29) is 22.9 Å². The van der Waals surface area contributed by atoms with Gasteiger partial charge >= 0.3 is 5.97 Å². The molecule has 3 heterocycles. The maximum Gasteiger partial charge on any atom is 0.330 e. The second-order valence-electron chi connectivity index (χ2n) is 11.1. The molecule has 44 heavy (non-hydrogen) atoms. The molecule has 2 aromatic carbocycles. The van der Waals surface area contributed by atoms with Gasteiger partial charge in [0.2, 0.25) is 5.91 Å². The molecule has 0 saturated carbocycles. The summed E-state index contributed by atoms with van der Waals surface area (Å²) in [6.07, 6.45) is 0. The lowest BCUT2D eigenvalue weighted by molar-refractivity contribution is -0.165. The third-order valence-corrected chi connectivity index (χ3v) is 7.64. The summed E-state index contributed by atoms with van der Waals surface area (Å²) >= 11 is 1.18. The third kappa shape index (κ3) is 6.84. The first kappa shape index (κ1) is 31.0. The van der Waals surface area contributed by atoms with Gasteiger partial charge in [0.15, 0.2) is 22.3 Å². The third-order valence-electron chi connectivity index (χ3n) is 6.71. The molecular weight excluding hydrogens is 582 g/mol. The number of imidazole rings is 1. The fourth-order valence-corrected chi connectivity index (χ4v) is 5.70. The van der Waals surface area contributed by atoms with E-state index in [9.17, 15) is 14.4 Å². The van der Waals surface area contributed by atoms with E-state index in [2.05, 4.69) is 10.3 Å². The van der Waals surface area contributed by atoms with E-state index in [1.54, 1.807) is 42.4 Å². The zero-order valence-corrected chi connectivity index (χ0v) is 25.9. The summed E-state index contributed by atoms with van der Waals surface area (Å²) < 4.78 is 12.9. The van der Waals surface area contributed by atoms with Gasteiger partial charge in [-0.05, 0) is 64.1 Å². The summed E-state index contributed by atoms with van der Waals surface area (Å²) in [5.41, 5.74) is 7.05. The van der Waals surface area contributed by atoms with Gasteiger partial charge in [-0.15, -0.1) is 0 Å². The monoisotopic (exact) mass is 617 g/mol. The smallest absolute Gasteiger partial charge is 0.330 e. The molecule has 1 saturated heterocycles. The zero-order valence-electron chi connectivity index (χ0n) is 25.1. The Morgan fingerprint density at radius 1 is 1.05 bits per heavy atom. The first-order valence-corrected chi connectivity index (χ1v) is 15.3. The summed E-state index contributed by atoms with van der Waals surface area (Å²) in [6.45, 7) is 9.04. The lowest BCUT2D eigenvalue weighted by Gasteiger charge is -2.36.